The van der Waals surface area contributed by atoms with Gasteiger partial charge < -0.3 is 15.8 Å². The highest BCUT2D eigenvalue weighted by atomic mass is 16.5. The molecule has 0 amide bonds. The van der Waals surface area contributed by atoms with Crippen LogP contribution in [0.2, 0.25) is 0 Å². The number of nitrogens with one attached hydrogen (secondary N) is 1. The summed E-state index contributed by atoms with van der Waals surface area (Å²) in [6, 6.07) is 0.0856. The molecule has 11 heavy (non-hydrogen) atoms. The van der Waals surface area contributed by atoms with Crippen LogP contribution in [0.5, 0.6) is 0 Å². The molecule has 0 aromatic rings. The Labute approximate surface area is 67.6 Å². The zero-order valence-electron chi connectivity index (χ0n) is 7.08. The van der Waals surface area contributed by atoms with Crippen molar-refractivity contribution in [3.8, 4) is 0 Å². The fourth-order valence-corrected chi connectivity index (χ4v) is 1.09. The molecule has 2 atom stereocenters. The van der Waals surface area contributed by atoms with Crippen molar-refractivity contribution in [2.24, 2.45) is 5.73 Å². The maximum atomic E-state index is 5.79. The summed E-state index contributed by atoms with van der Waals surface area (Å²) in [6.07, 6.45) is 4.19. The summed E-state index contributed by atoms with van der Waals surface area (Å²) in [5.74, 6) is 0. The van der Waals surface area contributed by atoms with Crippen LogP contribution in [0.15, 0.2) is 12.3 Å². The van der Waals surface area contributed by atoms with E-state index in [1.807, 2.05) is 26.1 Å². The average molecular weight is 156 g/mol. The van der Waals surface area contributed by atoms with E-state index >= 15 is 0 Å². The van der Waals surface area contributed by atoms with E-state index in [1.165, 1.54) is 0 Å². The molecular formula is C8H16N2O. The Morgan fingerprint density at radius 3 is 2.91 bits per heavy atom. The topological polar surface area (TPSA) is 47.3 Å². The minimum atomic E-state index is 0.0799. The van der Waals surface area contributed by atoms with Crippen molar-refractivity contribution >= 4 is 0 Å². The van der Waals surface area contributed by atoms with Crippen molar-refractivity contribution in [1.29, 1.82) is 0 Å². The molecule has 3 N–H and O–H groups in total. The second kappa shape index (κ2) is 3.74. The molecule has 1 aliphatic heterocycles. The van der Waals surface area contributed by atoms with E-state index < -0.39 is 0 Å². The fourth-order valence-electron chi connectivity index (χ4n) is 1.09. The van der Waals surface area contributed by atoms with Gasteiger partial charge in [0.1, 0.15) is 0 Å². The molecule has 0 aliphatic carbocycles. The first kappa shape index (κ1) is 8.56. The van der Waals surface area contributed by atoms with Crippen molar-refractivity contribution in [2.45, 2.75) is 32.1 Å². The lowest BCUT2D eigenvalue weighted by Crippen LogP contribution is -2.46. The molecule has 1 aliphatic rings. The van der Waals surface area contributed by atoms with Gasteiger partial charge in [-0.2, -0.15) is 0 Å². The Morgan fingerprint density at radius 2 is 2.36 bits per heavy atom. The molecule has 0 spiro atoms. The Bertz CT molecular complexity index is 145. The number of nitrogens with two attached hydrogens (primary N) is 1. The smallest absolute Gasteiger partial charge is 0.0944 e. The third-order valence-corrected chi connectivity index (χ3v) is 1.61. The molecule has 1 heterocycles. The van der Waals surface area contributed by atoms with Crippen LogP contribution < -0.4 is 11.1 Å². The molecular weight excluding hydrogens is 140 g/mol. The van der Waals surface area contributed by atoms with Crippen molar-refractivity contribution in [3.63, 3.8) is 0 Å². The Hall–Kier alpha value is -0.540. The van der Waals surface area contributed by atoms with Gasteiger partial charge >= 0.3 is 0 Å². The van der Waals surface area contributed by atoms with Crippen molar-refractivity contribution < 1.29 is 4.74 Å². The van der Waals surface area contributed by atoms with E-state index in [1.54, 1.807) is 0 Å². The van der Waals surface area contributed by atoms with Crippen molar-refractivity contribution in [1.82, 2.24) is 5.32 Å². The first-order chi connectivity index (χ1) is 5.20. The van der Waals surface area contributed by atoms with Gasteiger partial charge in [-0.1, -0.05) is 0 Å². The van der Waals surface area contributed by atoms with Crippen LogP contribution in [0.1, 0.15) is 13.8 Å². The van der Waals surface area contributed by atoms with E-state index in [0.29, 0.717) is 0 Å². The molecule has 0 fully saturated rings. The molecule has 3 nitrogen and oxygen atoms in total. The Morgan fingerprint density at radius 1 is 1.64 bits per heavy atom. The lowest BCUT2D eigenvalue weighted by molar-refractivity contribution is 0.0193. The summed E-state index contributed by atoms with van der Waals surface area (Å²) in [7, 11) is 0. The predicted octanol–water partition coefficient (Wildman–Crippen LogP) is 0.224. The quantitative estimate of drug-likeness (QED) is 0.601. The largest absolute Gasteiger partial charge is 0.389 e. The van der Waals surface area contributed by atoms with Gasteiger partial charge in [0.25, 0.3) is 0 Å². The molecule has 0 aromatic heterocycles. The normalized spacial score (nSPS) is 30.5. The minimum Gasteiger partial charge on any atom is -0.389 e. The van der Waals surface area contributed by atoms with E-state index in [9.17, 15) is 0 Å². The van der Waals surface area contributed by atoms with Crippen LogP contribution in [0.3, 0.4) is 0 Å². The molecule has 0 saturated heterocycles. The Balaban J connectivity index is 2.41. The zero-order chi connectivity index (χ0) is 8.27. The summed E-state index contributed by atoms with van der Waals surface area (Å²) in [5, 5.41) is 3.05. The first-order valence-corrected chi connectivity index (χ1v) is 4.01. The van der Waals surface area contributed by atoms with Gasteiger partial charge in [-0.25, -0.2) is 0 Å². The number of rotatable bonds is 2. The highest BCUT2D eigenvalue weighted by Crippen LogP contribution is 2.05. The monoisotopic (exact) mass is 156 g/mol. The number of ether oxygens (including phenoxy) is 1. The van der Waals surface area contributed by atoms with Gasteiger partial charge in [0, 0.05) is 6.54 Å². The second-order valence-electron chi connectivity index (χ2n) is 3.08. The van der Waals surface area contributed by atoms with Crippen LogP contribution in [0.25, 0.3) is 0 Å². The minimum absolute atomic E-state index is 0.0799. The van der Waals surface area contributed by atoms with Gasteiger partial charge in [-0.15, -0.1) is 0 Å². The fraction of sp³-hybridized carbons (Fsp3) is 0.750. The molecule has 0 bridgehead atoms. The summed E-state index contributed by atoms with van der Waals surface area (Å²) in [6.45, 7) is 4.83. The maximum absolute atomic E-state index is 5.79. The van der Waals surface area contributed by atoms with Crippen LogP contribution in [0.4, 0.5) is 0 Å². The third-order valence-electron chi connectivity index (χ3n) is 1.61. The first-order valence-electron chi connectivity index (χ1n) is 4.01. The molecule has 2 unspecified atom stereocenters. The van der Waals surface area contributed by atoms with Crippen molar-refractivity contribution in [2.75, 3.05) is 6.54 Å². The van der Waals surface area contributed by atoms with Crippen LogP contribution in [-0.2, 0) is 4.74 Å². The molecule has 0 radical (unpaired) electrons. The molecule has 1 rings (SSSR count). The van der Waals surface area contributed by atoms with Crippen LogP contribution in [0, 0.1) is 0 Å². The average Bonchev–Trinajstić information content (AvgIpc) is 1.93. The molecule has 3 heteroatoms. The summed E-state index contributed by atoms with van der Waals surface area (Å²) < 4.78 is 5.55. The van der Waals surface area contributed by atoms with E-state index in [2.05, 4.69) is 5.32 Å². The summed E-state index contributed by atoms with van der Waals surface area (Å²) in [5.41, 5.74) is 5.79. The summed E-state index contributed by atoms with van der Waals surface area (Å²) in [4.78, 5) is 0. The van der Waals surface area contributed by atoms with E-state index in [4.69, 9.17) is 10.5 Å². The highest BCUT2D eigenvalue weighted by molar-refractivity contribution is 5.00. The lowest BCUT2D eigenvalue weighted by Gasteiger charge is -2.26. The maximum Gasteiger partial charge on any atom is 0.0944 e. The van der Waals surface area contributed by atoms with Crippen LogP contribution in [-0.4, -0.2) is 24.8 Å². The van der Waals surface area contributed by atoms with Crippen molar-refractivity contribution in [3.05, 3.63) is 12.3 Å². The molecule has 64 valence electrons. The van der Waals surface area contributed by atoms with E-state index in [0.717, 1.165) is 6.54 Å². The van der Waals surface area contributed by atoms with E-state index in [-0.39, 0.29) is 18.2 Å². The third kappa shape index (κ3) is 2.52. The SMILES string of the molecule is CC(C)OC1C=CNCC1N. The zero-order valence-corrected chi connectivity index (χ0v) is 7.08. The van der Waals surface area contributed by atoms with Gasteiger partial charge in [0.05, 0.1) is 18.2 Å². The van der Waals surface area contributed by atoms with Gasteiger partial charge in [-0.3, -0.25) is 0 Å². The van der Waals surface area contributed by atoms with Gasteiger partial charge in [-0.05, 0) is 26.1 Å². The lowest BCUT2D eigenvalue weighted by atomic mass is 10.1. The molecule has 0 aromatic carbocycles. The molecule has 0 saturated carbocycles. The number of hydrogen-bond acceptors (Lipinski definition) is 3. The van der Waals surface area contributed by atoms with Gasteiger partial charge in [0.15, 0.2) is 0 Å². The van der Waals surface area contributed by atoms with Gasteiger partial charge in [0.2, 0.25) is 0 Å². The van der Waals surface area contributed by atoms with Crippen LogP contribution >= 0.6 is 0 Å². The predicted molar refractivity (Wildman–Crippen MR) is 45.1 cm³/mol. The summed E-state index contributed by atoms with van der Waals surface area (Å²) >= 11 is 0. The second-order valence-corrected chi connectivity index (χ2v) is 3.08. The standard InChI is InChI=1S/C8H16N2O/c1-6(2)11-8-3-4-10-5-7(8)9/h3-4,6-8,10H,5,9H2,1-2H3. The number of hydrogen-bond donors (Lipinski definition) is 2. The highest BCUT2D eigenvalue weighted by Gasteiger charge is 2.18. The Kier molecular flexibility index (Phi) is 2.91.